The Labute approximate surface area is 129 Å². The molecular formula is C19H28N2. The molecule has 1 aromatic carbocycles. The van der Waals surface area contributed by atoms with Gasteiger partial charge in [-0.1, -0.05) is 31.2 Å². The summed E-state index contributed by atoms with van der Waals surface area (Å²) in [4.78, 5) is 4.87. The van der Waals surface area contributed by atoms with E-state index in [0.717, 1.165) is 32.6 Å². The largest absolute Gasteiger partial charge is 0.369 e. The fourth-order valence-corrected chi connectivity index (χ4v) is 2.78. The van der Waals surface area contributed by atoms with Crippen LogP contribution in [0.2, 0.25) is 0 Å². The summed E-state index contributed by atoms with van der Waals surface area (Å²) >= 11 is 0. The van der Waals surface area contributed by atoms with Gasteiger partial charge in [0.05, 0.1) is 0 Å². The van der Waals surface area contributed by atoms with Crippen molar-refractivity contribution in [3.8, 4) is 0 Å². The number of anilines is 1. The van der Waals surface area contributed by atoms with Gasteiger partial charge in [-0.15, -0.1) is 6.58 Å². The number of hydrogen-bond donors (Lipinski definition) is 0. The van der Waals surface area contributed by atoms with E-state index in [1.165, 1.54) is 16.8 Å². The van der Waals surface area contributed by atoms with E-state index in [9.17, 15) is 0 Å². The van der Waals surface area contributed by atoms with E-state index in [2.05, 4.69) is 67.6 Å². The molecule has 0 aromatic heterocycles. The molecule has 1 unspecified atom stereocenters. The van der Waals surface area contributed by atoms with Gasteiger partial charge in [-0.05, 0) is 49.6 Å². The van der Waals surface area contributed by atoms with Gasteiger partial charge >= 0.3 is 0 Å². The van der Waals surface area contributed by atoms with Gasteiger partial charge in [0.2, 0.25) is 0 Å². The molecular weight excluding hydrogens is 256 g/mol. The third kappa shape index (κ3) is 4.21. The SMILES string of the molecule is C=CC(C)C/C(=C\C)c1ccc(N2CCN(C)CC2)cc1. The standard InChI is InChI=1S/C19H28N2/c1-5-16(3)15-17(6-2)18-7-9-19(10-8-18)21-13-11-20(4)12-14-21/h5-10,16H,1,11-15H2,2-4H3/b17-6+. The van der Waals surface area contributed by atoms with Crippen molar-refractivity contribution in [2.45, 2.75) is 20.3 Å². The summed E-state index contributed by atoms with van der Waals surface area (Å²) in [5, 5.41) is 0. The molecule has 0 radical (unpaired) electrons. The molecule has 1 aliphatic rings. The van der Waals surface area contributed by atoms with Crippen molar-refractivity contribution in [1.29, 1.82) is 0 Å². The minimum Gasteiger partial charge on any atom is -0.369 e. The van der Waals surface area contributed by atoms with Gasteiger partial charge in [0.15, 0.2) is 0 Å². The Morgan fingerprint density at radius 3 is 2.33 bits per heavy atom. The number of piperazine rings is 1. The molecule has 1 saturated heterocycles. The number of rotatable bonds is 5. The smallest absolute Gasteiger partial charge is 0.0367 e. The zero-order chi connectivity index (χ0) is 15.2. The maximum absolute atomic E-state index is 3.89. The Hall–Kier alpha value is -1.54. The fraction of sp³-hybridized carbons (Fsp3) is 0.474. The molecule has 0 N–H and O–H groups in total. The van der Waals surface area contributed by atoms with Gasteiger partial charge in [0.25, 0.3) is 0 Å². The van der Waals surface area contributed by atoms with Crippen molar-refractivity contribution >= 4 is 11.3 Å². The summed E-state index contributed by atoms with van der Waals surface area (Å²) in [7, 11) is 2.19. The van der Waals surface area contributed by atoms with Crippen LogP contribution in [0.1, 0.15) is 25.8 Å². The van der Waals surface area contributed by atoms with Gasteiger partial charge in [0, 0.05) is 31.9 Å². The second-order valence-electron chi connectivity index (χ2n) is 6.07. The van der Waals surface area contributed by atoms with E-state index in [1.54, 1.807) is 0 Å². The van der Waals surface area contributed by atoms with Crippen LogP contribution < -0.4 is 4.90 Å². The van der Waals surface area contributed by atoms with Crippen LogP contribution in [0.5, 0.6) is 0 Å². The van der Waals surface area contributed by atoms with Crippen LogP contribution in [0.4, 0.5) is 5.69 Å². The Morgan fingerprint density at radius 1 is 1.19 bits per heavy atom. The zero-order valence-electron chi connectivity index (χ0n) is 13.7. The Bertz CT molecular complexity index is 479. The average Bonchev–Trinajstić information content (AvgIpc) is 2.53. The van der Waals surface area contributed by atoms with E-state index in [1.807, 2.05) is 6.08 Å². The molecule has 1 aliphatic heterocycles. The van der Waals surface area contributed by atoms with Gasteiger partial charge in [-0.25, -0.2) is 0 Å². The lowest BCUT2D eigenvalue weighted by Crippen LogP contribution is -2.44. The van der Waals surface area contributed by atoms with Crippen LogP contribution >= 0.6 is 0 Å². The maximum atomic E-state index is 3.89. The quantitative estimate of drug-likeness (QED) is 0.753. The van der Waals surface area contributed by atoms with E-state index < -0.39 is 0 Å². The molecule has 1 fully saturated rings. The minimum atomic E-state index is 0.522. The maximum Gasteiger partial charge on any atom is 0.0367 e. The molecule has 0 aliphatic carbocycles. The Morgan fingerprint density at radius 2 is 1.81 bits per heavy atom. The van der Waals surface area contributed by atoms with Crippen LogP contribution in [0.3, 0.4) is 0 Å². The van der Waals surface area contributed by atoms with Crippen molar-refractivity contribution in [2.75, 3.05) is 38.1 Å². The molecule has 2 rings (SSSR count). The molecule has 1 aromatic rings. The molecule has 1 atom stereocenters. The average molecular weight is 284 g/mol. The second kappa shape index (κ2) is 7.46. The molecule has 21 heavy (non-hydrogen) atoms. The van der Waals surface area contributed by atoms with Crippen molar-refractivity contribution < 1.29 is 0 Å². The van der Waals surface area contributed by atoms with Crippen molar-refractivity contribution in [1.82, 2.24) is 4.90 Å². The lowest BCUT2D eigenvalue weighted by Gasteiger charge is -2.34. The first-order valence-corrected chi connectivity index (χ1v) is 7.95. The molecule has 1 heterocycles. The van der Waals surface area contributed by atoms with Crippen molar-refractivity contribution in [2.24, 2.45) is 5.92 Å². The first kappa shape index (κ1) is 15.8. The summed E-state index contributed by atoms with van der Waals surface area (Å²) in [5.74, 6) is 0.522. The highest BCUT2D eigenvalue weighted by atomic mass is 15.2. The molecule has 114 valence electrons. The fourth-order valence-electron chi connectivity index (χ4n) is 2.78. The van der Waals surface area contributed by atoms with E-state index in [0.29, 0.717) is 5.92 Å². The number of likely N-dealkylation sites (N-methyl/N-ethyl adjacent to an activating group) is 1. The summed E-state index contributed by atoms with van der Waals surface area (Å²) in [5.41, 5.74) is 4.09. The topological polar surface area (TPSA) is 6.48 Å². The molecule has 0 saturated carbocycles. The first-order chi connectivity index (χ1) is 10.1. The highest BCUT2D eigenvalue weighted by molar-refractivity contribution is 5.67. The van der Waals surface area contributed by atoms with Gasteiger partial charge in [-0.2, -0.15) is 0 Å². The van der Waals surface area contributed by atoms with Crippen LogP contribution in [-0.2, 0) is 0 Å². The predicted molar refractivity (Wildman–Crippen MR) is 93.8 cm³/mol. The lowest BCUT2D eigenvalue weighted by atomic mass is 9.95. The third-order valence-electron chi connectivity index (χ3n) is 4.40. The van der Waals surface area contributed by atoms with Gasteiger partial charge in [-0.3, -0.25) is 0 Å². The molecule has 0 spiro atoms. The molecule has 0 amide bonds. The number of allylic oxidation sites excluding steroid dienone is 3. The number of hydrogen-bond acceptors (Lipinski definition) is 2. The highest BCUT2D eigenvalue weighted by Gasteiger charge is 2.14. The monoisotopic (exact) mass is 284 g/mol. The van der Waals surface area contributed by atoms with E-state index in [-0.39, 0.29) is 0 Å². The van der Waals surface area contributed by atoms with Crippen LogP contribution in [-0.4, -0.2) is 38.1 Å². The summed E-state index contributed by atoms with van der Waals surface area (Å²) in [6, 6.07) is 9.06. The van der Waals surface area contributed by atoms with Crippen LogP contribution in [0.15, 0.2) is 43.0 Å². The van der Waals surface area contributed by atoms with E-state index >= 15 is 0 Å². The Balaban J connectivity index is 2.05. The normalized spacial score (nSPS) is 18.6. The van der Waals surface area contributed by atoms with Crippen LogP contribution in [0, 0.1) is 5.92 Å². The minimum absolute atomic E-state index is 0.522. The zero-order valence-corrected chi connectivity index (χ0v) is 13.7. The highest BCUT2D eigenvalue weighted by Crippen LogP contribution is 2.25. The molecule has 0 bridgehead atoms. The third-order valence-corrected chi connectivity index (χ3v) is 4.40. The lowest BCUT2D eigenvalue weighted by molar-refractivity contribution is 0.313. The summed E-state index contributed by atoms with van der Waals surface area (Å²) < 4.78 is 0. The summed E-state index contributed by atoms with van der Waals surface area (Å²) in [6.45, 7) is 12.8. The number of benzene rings is 1. The summed E-state index contributed by atoms with van der Waals surface area (Å²) in [6.07, 6.45) is 5.32. The van der Waals surface area contributed by atoms with Gasteiger partial charge < -0.3 is 9.80 Å². The van der Waals surface area contributed by atoms with Crippen molar-refractivity contribution in [3.05, 3.63) is 48.6 Å². The second-order valence-corrected chi connectivity index (χ2v) is 6.07. The molecule has 2 nitrogen and oxygen atoms in total. The van der Waals surface area contributed by atoms with Crippen LogP contribution in [0.25, 0.3) is 5.57 Å². The van der Waals surface area contributed by atoms with Gasteiger partial charge in [0.1, 0.15) is 0 Å². The predicted octanol–water partition coefficient (Wildman–Crippen LogP) is 4.05. The number of nitrogens with zero attached hydrogens (tertiary/aromatic N) is 2. The molecule has 2 heteroatoms. The first-order valence-electron chi connectivity index (χ1n) is 7.95. The Kier molecular flexibility index (Phi) is 5.63. The van der Waals surface area contributed by atoms with E-state index in [4.69, 9.17) is 0 Å². The van der Waals surface area contributed by atoms with Crippen molar-refractivity contribution in [3.63, 3.8) is 0 Å².